The van der Waals surface area contributed by atoms with E-state index in [1.54, 1.807) is 21.9 Å². The Morgan fingerprint density at radius 2 is 1.70 bits per heavy atom. The van der Waals surface area contributed by atoms with Crippen molar-refractivity contribution in [2.75, 3.05) is 29.9 Å². The van der Waals surface area contributed by atoms with E-state index < -0.39 is 5.92 Å². The summed E-state index contributed by atoms with van der Waals surface area (Å²) in [7, 11) is 0. The van der Waals surface area contributed by atoms with Gasteiger partial charge in [-0.15, -0.1) is 0 Å². The summed E-state index contributed by atoms with van der Waals surface area (Å²) in [5.74, 6) is -0.893. The van der Waals surface area contributed by atoms with Gasteiger partial charge in [0.25, 0.3) is 0 Å². The largest absolute Gasteiger partial charge is 0.342 e. The van der Waals surface area contributed by atoms with Gasteiger partial charge >= 0.3 is 0 Å². The van der Waals surface area contributed by atoms with Gasteiger partial charge in [-0.1, -0.05) is 41.9 Å². The fraction of sp³-hybridized carbons (Fsp3) is 0.348. The quantitative estimate of drug-likeness (QED) is 0.814. The summed E-state index contributed by atoms with van der Waals surface area (Å²) >= 11 is 6.23. The maximum Gasteiger partial charge on any atom is 0.229 e. The van der Waals surface area contributed by atoms with Gasteiger partial charge in [0.05, 0.1) is 22.5 Å². The molecule has 3 amide bonds. The van der Waals surface area contributed by atoms with Gasteiger partial charge in [0.2, 0.25) is 17.7 Å². The number of benzene rings is 2. The summed E-state index contributed by atoms with van der Waals surface area (Å²) in [5.41, 5.74) is 1.39. The smallest absolute Gasteiger partial charge is 0.229 e. The SMILES string of the molecule is O=C(Nc1ccccc1)C1CCCN(C(=O)C2CC(=O)N(c3ccccc3Cl)C2)C1. The monoisotopic (exact) mass is 425 g/mol. The van der Waals surface area contributed by atoms with Crippen LogP contribution >= 0.6 is 11.6 Å². The fourth-order valence-corrected chi connectivity index (χ4v) is 4.43. The average Bonchev–Trinajstić information content (AvgIpc) is 3.15. The molecule has 2 unspecified atom stereocenters. The van der Waals surface area contributed by atoms with Crippen LogP contribution in [0.4, 0.5) is 11.4 Å². The molecule has 1 N–H and O–H groups in total. The summed E-state index contributed by atoms with van der Waals surface area (Å²) in [4.78, 5) is 41.6. The Bertz CT molecular complexity index is 950. The Balaban J connectivity index is 1.39. The molecular weight excluding hydrogens is 402 g/mol. The van der Waals surface area contributed by atoms with Gasteiger partial charge in [0.1, 0.15) is 0 Å². The maximum absolute atomic E-state index is 13.1. The molecule has 7 heteroatoms. The van der Waals surface area contributed by atoms with E-state index in [9.17, 15) is 14.4 Å². The van der Waals surface area contributed by atoms with Gasteiger partial charge < -0.3 is 15.1 Å². The number of halogens is 1. The maximum atomic E-state index is 13.1. The number of amides is 3. The van der Waals surface area contributed by atoms with Crippen molar-refractivity contribution in [2.45, 2.75) is 19.3 Å². The number of carbonyl (C=O) groups excluding carboxylic acids is 3. The number of carbonyl (C=O) groups is 3. The van der Waals surface area contributed by atoms with E-state index in [0.29, 0.717) is 30.3 Å². The Morgan fingerprint density at radius 1 is 0.967 bits per heavy atom. The third-order valence-electron chi connectivity index (χ3n) is 5.76. The molecule has 2 fully saturated rings. The molecular formula is C23H24ClN3O3. The topological polar surface area (TPSA) is 69.7 Å². The van der Waals surface area contributed by atoms with E-state index in [1.165, 1.54) is 0 Å². The third kappa shape index (κ3) is 4.33. The van der Waals surface area contributed by atoms with Crippen LogP contribution in [0.5, 0.6) is 0 Å². The van der Waals surface area contributed by atoms with E-state index in [2.05, 4.69) is 5.32 Å². The zero-order valence-corrected chi connectivity index (χ0v) is 17.3. The lowest BCUT2D eigenvalue weighted by Crippen LogP contribution is -2.46. The molecule has 2 aliphatic rings. The molecule has 2 aliphatic heterocycles. The number of piperidine rings is 1. The molecule has 4 rings (SSSR count). The first-order valence-electron chi connectivity index (χ1n) is 10.2. The number of hydrogen-bond donors (Lipinski definition) is 1. The van der Waals surface area contributed by atoms with Crippen molar-refractivity contribution in [1.29, 1.82) is 0 Å². The second kappa shape index (κ2) is 8.88. The van der Waals surface area contributed by atoms with Crippen molar-refractivity contribution in [3.63, 3.8) is 0 Å². The van der Waals surface area contributed by atoms with Crippen LogP contribution in [0.1, 0.15) is 19.3 Å². The zero-order chi connectivity index (χ0) is 21.1. The molecule has 2 atom stereocenters. The molecule has 0 aromatic heterocycles. The minimum absolute atomic E-state index is 0.0601. The Kier molecular flexibility index (Phi) is 6.04. The second-order valence-corrected chi connectivity index (χ2v) is 8.24. The van der Waals surface area contributed by atoms with E-state index in [0.717, 1.165) is 18.5 Å². The van der Waals surface area contributed by atoms with Crippen LogP contribution in [0.3, 0.4) is 0 Å². The highest BCUT2D eigenvalue weighted by Crippen LogP contribution is 2.32. The summed E-state index contributed by atoms with van der Waals surface area (Å²) < 4.78 is 0. The van der Waals surface area contributed by atoms with Crippen LogP contribution in [-0.4, -0.2) is 42.3 Å². The van der Waals surface area contributed by atoms with Crippen molar-refractivity contribution in [2.24, 2.45) is 11.8 Å². The minimum Gasteiger partial charge on any atom is -0.342 e. The molecule has 0 saturated carbocycles. The lowest BCUT2D eigenvalue weighted by Gasteiger charge is -2.33. The lowest BCUT2D eigenvalue weighted by atomic mass is 9.95. The molecule has 0 aliphatic carbocycles. The van der Waals surface area contributed by atoms with Gasteiger partial charge in [0, 0.05) is 31.7 Å². The van der Waals surface area contributed by atoms with E-state index in [-0.39, 0.29) is 30.1 Å². The van der Waals surface area contributed by atoms with Crippen molar-refractivity contribution < 1.29 is 14.4 Å². The highest BCUT2D eigenvalue weighted by Gasteiger charge is 2.39. The third-order valence-corrected chi connectivity index (χ3v) is 6.08. The van der Waals surface area contributed by atoms with Crippen LogP contribution in [0.15, 0.2) is 54.6 Å². The van der Waals surface area contributed by atoms with Crippen molar-refractivity contribution >= 4 is 40.7 Å². The molecule has 0 bridgehead atoms. The highest BCUT2D eigenvalue weighted by molar-refractivity contribution is 6.33. The molecule has 156 valence electrons. The first-order valence-corrected chi connectivity index (χ1v) is 10.6. The van der Waals surface area contributed by atoms with E-state index >= 15 is 0 Å². The van der Waals surface area contributed by atoms with Crippen molar-refractivity contribution in [1.82, 2.24) is 4.90 Å². The fourth-order valence-electron chi connectivity index (χ4n) is 4.19. The van der Waals surface area contributed by atoms with Crippen LogP contribution in [0, 0.1) is 11.8 Å². The normalized spacial score (nSPS) is 21.6. The molecule has 0 radical (unpaired) electrons. The highest BCUT2D eigenvalue weighted by atomic mass is 35.5. The Hall–Kier alpha value is -2.86. The van der Waals surface area contributed by atoms with Crippen LogP contribution in [-0.2, 0) is 14.4 Å². The number of para-hydroxylation sites is 2. The van der Waals surface area contributed by atoms with Crippen molar-refractivity contribution in [3.05, 3.63) is 59.6 Å². The van der Waals surface area contributed by atoms with Crippen LogP contribution < -0.4 is 10.2 Å². The minimum atomic E-state index is -0.412. The molecule has 2 heterocycles. The van der Waals surface area contributed by atoms with Crippen LogP contribution in [0.25, 0.3) is 0 Å². The zero-order valence-electron chi connectivity index (χ0n) is 16.6. The van der Waals surface area contributed by atoms with Gasteiger partial charge in [-0.05, 0) is 37.1 Å². The summed E-state index contributed by atoms with van der Waals surface area (Å²) in [5, 5.41) is 3.42. The number of anilines is 2. The number of nitrogens with one attached hydrogen (secondary N) is 1. The predicted octanol–water partition coefficient (Wildman–Crippen LogP) is 3.57. The number of hydrogen-bond acceptors (Lipinski definition) is 3. The molecule has 0 spiro atoms. The van der Waals surface area contributed by atoms with Gasteiger partial charge in [-0.3, -0.25) is 14.4 Å². The standard InChI is InChI=1S/C23H24ClN3O3/c24-19-10-4-5-11-20(19)27-15-17(13-21(27)28)23(30)26-12-6-7-16(14-26)22(29)25-18-8-2-1-3-9-18/h1-5,8-11,16-17H,6-7,12-15H2,(H,25,29). The summed E-state index contributed by atoms with van der Waals surface area (Å²) in [6.07, 6.45) is 1.69. The molecule has 2 saturated heterocycles. The van der Waals surface area contributed by atoms with Crippen LogP contribution in [0.2, 0.25) is 5.02 Å². The first kappa shape index (κ1) is 20.4. The molecule has 2 aromatic carbocycles. The second-order valence-electron chi connectivity index (χ2n) is 7.84. The Labute approximate surface area is 180 Å². The first-order chi connectivity index (χ1) is 14.5. The van der Waals surface area contributed by atoms with Gasteiger partial charge in [0.15, 0.2) is 0 Å². The van der Waals surface area contributed by atoms with Gasteiger partial charge in [-0.2, -0.15) is 0 Å². The number of likely N-dealkylation sites (tertiary alicyclic amines) is 1. The summed E-state index contributed by atoms with van der Waals surface area (Å²) in [6, 6.07) is 16.5. The number of nitrogens with zero attached hydrogens (tertiary/aromatic N) is 2. The lowest BCUT2D eigenvalue weighted by molar-refractivity contribution is -0.138. The molecule has 30 heavy (non-hydrogen) atoms. The molecule has 2 aromatic rings. The Morgan fingerprint density at radius 3 is 2.47 bits per heavy atom. The van der Waals surface area contributed by atoms with Gasteiger partial charge in [-0.25, -0.2) is 0 Å². The van der Waals surface area contributed by atoms with Crippen molar-refractivity contribution in [3.8, 4) is 0 Å². The average molecular weight is 426 g/mol. The molecule has 6 nitrogen and oxygen atoms in total. The summed E-state index contributed by atoms with van der Waals surface area (Å²) in [6.45, 7) is 1.32. The van der Waals surface area contributed by atoms with E-state index in [1.807, 2.05) is 42.5 Å². The number of rotatable bonds is 4. The van der Waals surface area contributed by atoms with E-state index in [4.69, 9.17) is 11.6 Å². The predicted molar refractivity (Wildman–Crippen MR) is 116 cm³/mol.